The standard InChI is InChI=1S/C46H36N4/c1-46(2,3)28-22-37(33-26-43-35(24-39(33)47)31-18-10-12-20-41(31)49(43)29-14-6-4-7-15-29)45-38(23-28)34-27-44-36(25-40(34)48-45)32-19-11-13-21-42(32)50(44)30-16-8-5-9-17-30/h4-27,48H,47H2,1-3H3. The third kappa shape index (κ3) is 4.12. The van der Waals surface area contributed by atoms with E-state index in [-0.39, 0.29) is 5.41 Å². The molecule has 0 atom stereocenters. The first-order valence-corrected chi connectivity index (χ1v) is 17.3. The number of para-hydroxylation sites is 4. The molecule has 0 aliphatic rings. The average molecular weight is 645 g/mol. The maximum Gasteiger partial charge on any atom is 0.0548 e. The van der Waals surface area contributed by atoms with Crippen molar-refractivity contribution in [1.29, 1.82) is 0 Å². The van der Waals surface area contributed by atoms with E-state index in [9.17, 15) is 0 Å². The molecule has 0 bridgehead atoms. The van der Waals surface area contributed by atoms with E-state index in [1.54, 1.807) is 0 Å². The first-order chi connectivity index (χ1) is 24.3. The molecule has 7 aromatic carbocycles. The van der Waals surface area contributed by atoms with Crippen LogP contribution in [0, 0.1) is 0 Å². The van der Waals surface area contributed by atoms with Crippen molar-refractivity contribution >= 4 is 71.1 Å². The van der Waals surface area contributed by atoms with Gasteiger partial charge in [0.2, 0.25) is 0 Å². The molecule has 0 unspecified atom stereocenters. The molecule has 3 N–H and O–H groups in total. The zero-order valence-electron chi connectivity index (χ0n) is 28.3. The van der Waals surface area contributed by atoms with Gasteiger partial charge in [0.1, 0.15) is 0 Å². The molecule has 3 heterocycles. The van der Waals surface area contributed by atoms with Crippen molar-refractivity contribution in [1.82, 2.24) is 14.1 Å². The number of aromatic nitrogens is 3. The lowest BCUT2D eigenvalue weighted by Crippen LogP contribution is -2.11. The lowest BCUT2D eigenvalue weighted by atomic mass is 9.84. The fourth-order valence-corrected chi connectivity index (χ4v) is 8.09. The first kappa shape index (κ1) is 28.7. The number of rotatable bonds is 3. The van der Waals surface area contributed by atoms with Crippen molar-refractivity contribution in [2.24, 2.45) is 0 Å². The molecular formula is C46H36N4. The van der Waals surface area contributed by atoms with Crippen molar-refractivity contribution < 1.29 is 0 Å². The van der Waals surface area contributed by atoms with Crippen LogP contribution in [0.2, 0.25) is 0 Å². The van der Waals surface area contributed by atoms with Gasteiger partial charge in [-0.15, -0.1) is 0 Å². The molecule has 0 spiro atoms. The lowest BCUT2D eigenvalue weighted by Gasteiger charge is -2.21. The van der Waals surface area contributed by atoms with E-state index < -0.39 is 0 Å². The predicted octanol–water partition coefficient (Wildman–Crippen LogP) is 12.1. The third-order valence-electron chi connectivity index (χ3n) is 10.5. The topological polar surface area (TPSA) is 51.7 Å². The molecule has 0 aliphatic heterocycles. The Hall–Kier alpha value is -6.26. The second kappa shape index (κ2) is 10.4. The smallest absolute Gasteiger partial charge is 0.0548 e. The number of nitrogens with one attached hydrogen (secondary N) is 1. The summed E-state index contributed by atoms with van der Waals surface area (Å²) in [5, 5.41) is 7.23. The average Bonchev–Trinajstić information content (AvgIpc) is 3.77. The molecule has 0 radical (unpaired) electrons. The Morgan fingerprint density at radius 1 is 0.460 bits per heavy atom. The number of hydrogen-bond donors (Lipinski definition) is 2. The van der Waals surface area contributed by atoms with Crippen LogP contribution in [0.3, 0.4) is 0 Å². The van der Waals surface area contributed by atoms with Gasteiger partial charge in [0.15, 0.2) is 0 Å². The Morgan fingerprint density at radius 2 is 1.00 bits per heavy atom. The van der Waals surface area contributed by atoms with E-state index in [4.69, 9.17) is 5.73 Å². The number of aromatic amines is 1. The Bertz CT molecular complexity index is 2950. The minimum absolute atomic E-state index is 0.0760. The number of H-pyrrole nitrogens is 1. The van der Waals surface area contributed by atoms with Gasteiger partial charge in [-0.2, -0.15) is 0 Å². The van der Waals surface area contributed by atoms with Crippen LogP contribution < -0.4 is 5.73 Å². The zero-order chi connectivity index (χ0) is 33.7. The van der Waals surface area contributed by atoms with Crippen molar-refractivity contribution in [3.8, 4) is 22.5 Å². The number of hydrogen-bond acceptors (Lipinski definition) is 1. The van der Waals surface area contributed by atoms with Crippen LogP contribution in [0.1, 0.15) is 26.3 Å². The second-order valence-corrected chi connectivity index (χ2v) is 14.6. The Kier molecular flexibility index (Phi) is 5.96. The normalized spacial score (nSPS) is 12.4. The Morgan fingerprint density at radius 3 is 1.60 bits per heavy atom. The summed E-state index contributed by atoms with van der Waals surface area (Å²) in [4.78, 5) is 3.91. The van der Waals surface area contributed by atoms with E-state index in [2.05, 4.69) is 180 Å². The quantitative estimate of drug-likeness (QED) is 0.185. The number of benzene rings is 7. The molecule has 10 aromatic rings. The highest BCUT2D eigenvalue weighted by Gasteiger charge is 2.23. The lowest BCUT2D eigenvalue weighted by molar-refractivity contribution is 0.591. The largest absolute Gasteiger partial charge is 0.398 e. The van der Waals surface area contributed by atoms with Crippen LogP contribution in [0.5, 0.6) is 0 Å². The molecule has 0 fully saturated rings. The van der Waals surface area contributed by atoms with Gasteiger partial charge in [0, 0.05) is 66.0 Å². The highest BCUT2D eigenvalue weighted by Crippen LogP contribution is 2.44. The van der Waals surface area contributed by atoms with Crippen LogP contribution in [0.15, 0.2) is 146 Å². The highest BCUT2D eigenvalue weighted by atomic mass is 15.0. The Balaban J connectivity index is 1.31. The van der Waals surface area contributed by atoms with Crippen molar-refractivity contribution in [3.05, 3.63) is 151 Å². The van der Waals surface area contributed by atoms with Crippen LogP contribution >= 0.6 is 0 Å². The van der Waals surface area contributed by atoms with Crippen LogP contribution in [-0.2, 0) is 5.41 Å². The van der Waals surface area contributed by atoms with Gasteiger partial charge in [-0.1, -0.05) is 93.6 Å². The maximum absolute atomic E-state index is 7.09. The molecule has 3 aromatic heterocycles. The summed E-state index contributed by atoms with van der Waals surface area (Å²) < 4.78 is 4.76. The first-order valence-electron chi connectivity index (χ1n) is 17.3. The SMILES string of the molecule is CC(C)(C)c1cc(-c2cc3c(cc2N)c2ccccc2n3-c2ccccc2)c2[nH]c3cc4c5ccccc5n(-c5ccccc5)c4cc3c2c1. The van der Waals surface area contributed by atoms with Crippen molar-refractivity contribution in [2.75, 3.05) is 5.73 Å². The molecule has 50 heavy (non-hydrogen) atoms. The minimum Gasteiger partial charge on any atom is -0.398 e. The summed E-state index contributed by atoms with van der Waals surface area (Å²) in [5.74, 6) is 0. The van der Waals surface area contributed by atoms with E-state index in [1.807, 2.05) is 0 Å². The van der Waals surface area contributed by atoms with Crippen molar-refractivity contribution in [3.63, 3.8) is 0 Å². The zero-order valence-corrected chi connectivity index (χ0v) is 28.3. The van der Waals surface area contributed by atoms with Crippen LogP contribution in [0.25, 0.3) is 87.9 Å². The monoisotopic (exact) mass is 644 g/mol. The fourth-order valence-electron chi connectivity index (χ4n) is 8.09. The Labute approximate surface area is 290 Å². The third-order valence-corrected chi connectivity index (χ3v) is 10.5. The van der Waals surface area contributed by atoms with Crippen LogP contribution in [-0.4, -0.2) is 14.1 Å². The molecule has 10 rings (SSSR count). The van der Waals surface area contributed by atoms with Gasteiger partial charge < -0.3 is 19.9 Å². The minimum atomic E-state index is -0.0760. The highest BCUT2D eigenvalue weighted by molar-refractivity contribution is 6.21. The van der Waals surface area contributed by atoms with Gasteiger partial charge in [0.05, 0.1) is 27.6 Å². The second-order valence-electron chi connectivity index (χ2n) is 14.6. The van der Waals surface area contributed by atoms with E-state index in [0.717, 1.165) is 50.1 Å². The fraction of sp³-hybridized carbons (Fsp3) is 0.0870. The molecule has 0 amide bonds. The summed E-state index contributed by atoms with van der Waals surface area (Å²) in [5.41, 5.74) is 20.4. The summed E-state index contributed by atoms with van der Waals surface area (Å²) in [6.45, 7) is 6.87. The molecule has 0 saturated carbocycles. The van der Waals surface area contributed by atoms with Gasteiger partial charge in [0.25, 0.3) is 0 Å². The summed E-state index contributed by atoms with van der Waals surface area (Å²) >= 11 is 0. The molecule has 0 aliphatic carbocycles. The van der Waals surface area contributed by atoms with Crippen molar-refractivity contribution in [2.45, 2.75) is 26.2 Å². The number of anilines is 1. The molecular weight excluding hydrogens is 609 g/mol. The number of nitrogens with two attached hydrogens (primary N) is 1. The van der Waals surface area contributed by atoms with Gasteiger partial charge in [-0.3, -0.25) is 0 Å². The molecule has 4 heteroatoms. The van der Waals surface area contributed by atoms with Gasteiger partial charge in [-0.25, -0.2) is 0 Å². The molecule has 0 saturated heterocycles. The van der Waals surface area contributed by atoms with E-state index >= 15 is 0 Å². The number of nitrogen functional groups attached to an aromatic ring is 1. The predicted molar refractivity (Wildman–Crippen MR) is 213 cm³/mol. The molecule has 240 valence electrons. The van der Waals surface area contributed by atoms with Gasteiger partial charge in [-0.05, 0) is 83.8 Å². The van der Waals surface area contributed by atoms with E-state index in [0.29, 0.717) is 0 Å². The maximum atomic E-state index is 7.09. The summed E-state index contributed by atoms with van der Waals surface area (Å²) in [6, 6.07) is 52.6. The number of nitrogens with zero attached hydrogens (tertiary/aromatic N) is 2. The van der Waals surface area contributed by atoms with E-state index in [1.165, 1.54) is 49.0 Å². The van der Waals surface area contributed by atoms with Gasteiger partial charge >= 0.3 is 0 Å². The molecule has 4 nitrogen and oxygen atoms in total. The summed E-state index contributed by atoms with van der Waals surface area (Å²) in [6.07, 6.45) is 0. The van der Waals surface area contributed by atoms with Crippen LogP contribution in [0.4, 0.5) is 5.69 Å². The summed E-state index contributed by atoms with van der Waals surface area (Å²) in [7, 11) is 0. The number of fused-ring (bicyclic) bond motifs is 9.